The van der Waals surface area contributed by atoms with Crippen LogP contribution in [0.3, 0.4) is 0 Å². The lowest BCUT2D eigenvalue weighted by molar-refractivity contribution is -0.114. The summed E-state index contributed by atoms with van der Waals surface area (Å²) in [4.78, 5) is 12.7. The molecule has 2 aliphatic heterocycles. The van der Waals surface area contributed by atoms with Crippen LogP contribution in [0.5, 0.6) is 0 Å². The summed E-state index contributed by atoms with van der Waals surface area (Å²) in [5.41, 5.74) is 4.64. The largest absolute Gasteiger partial charge is 0.379 e. The van der Waals surface area contributed by atoms with E-state index in [2.05, 4.69) is 15.2 Å². The van der Waals surface area contributed by atoms with Crippen LogP contribution in [0.1, 0.15) is 5.56 Å². The Morgan fingerprint density at radius 3 is 2.60 bits per heavy atom. The number of hydrogen-bond donors (Lipinski definition) is 1. The number of ketones is 1. The van der Waals surface area contributed by atoms with Gasteiger partial charge in [0.1, 0.15) is 5.71 Å². The Morgan fingerprint density at radius 2 is 1.96 bits per heavy atom. The molecule has 1 atom stereocenters. The third-order valence-electron chi connectivity index (χ3n) is 3.92. The van der Waals surface area contributed by atoms with Gasteiger partial charge in [-0.2, -0.15) is 22.9 Å². The predicted octanol–water partition coefficient (Wildman–Crippen LogP) is -0.179. The zero-order chi connectivity index (χ0) is 17.7. The lowest BCUT2D eigenvalue weighted by Gasteiger charge is -2.28. The first-order valence-electron chi connectivity index (χ1n) is 7.94. The molecule has 0 aliphatic carbocycles. The van der Waals surface area contributed by atoms with Crippen LogP contribution in [0.2, 0.25) is 0 Å². The van der Waals surface area contributed by atoms with E-state index in [0.29, 0.717) is 13.2 Å². The molecule has 1 radical (unpaired) electrons. The number of nitrogens with zero attached hydrogens (tertiary/aromatic N) is 3. The van der Waals surface area contributed by atoms with E-state index >= 15 is 0 Å². The molecule has 1 fully saturated rings. The fraction of sp³-hybridized carbons (Fsp3) is 0.375. The van der Waals surface area contributed by atoms with E-state index in [1.54, 1.807) is 0 Å². The van der Waals surface area contributed by atoms with Gasteiger partial charge in [-0.1, -0.05) is 30.3 Å². The molecule has 133 valence electrons. The first kappa shape index (κ1) is 17.7. The van der Waals surface area contributed by atoms with Crippen molar-refractivity contribution in [3.63, 3.8) is 0 Å². The number of benzene rings is 1. The minimum Gasteiger partial charge on any atom is -0.379 e. The van der Waals surface area contributed by atoms with Gasteiger partial charge in [-0.25, -0.2) is 0 Å². The Labute approximate surface area is 146 Å². The third kappa shape index (κ3) is 4.51. The van der Waals surface area contributed by atoms with Crippen molar-refractivity contribution < 1.29 is 17.9 Å². The number of carbonyl (C=O) groups excluding carboxylic acids is 1. The number of nitrogens with one attached hydrogen (secondary N) is 1. The van der Waals surface area contributed by atoms with Crippen LogP contribution < -0.4 is 10.1 Å². The van der Waals surface area contributed by atoms with Gasteiger partial charge in [0.25, 0.3) is 10.2 Å². The highest BCUT2D eigenvalue weighted by molar-refractivity contribution is 7.87. The fourth-order valence-corrected chi connectivity index (χ4v) is 3.95. The predicted molar refractivity (Wildman–Crippen MR) is 92.1 cm³/mol. The third-order valence-corrected chi connectivity index (χ3v) is 5.54. The number of ether oxygens (including phenoxy) is 1. The minimum absolute atomic E-state index is 0.144. The maximum Gasteiger partial charge on any atom is 0.280 e. The van der Waals surface area contributed by atoms with E-state index in [1.165, 1.54) is 16.6 Å². The van der Waals surface area contributed by atoms with Crippen LogP contribution >= 0.6 is 0 Å². The lowest BCUT2D eigenvalue weighted by atomic mass is 10.0. The van der Waals surface area contributed by atoms with Gasteiger partial charge in [0.2, 0.25) is 5.78 Å². The van der Waals surface area contributed by atoms with Crippen LogP contribution in [-0.4, -0.2) is 56.6 Å². The average molecular weight is 363 g/mol. The van der Waals surface area contributed by atoms with Gasteiger partial charge in [-0.15, -0.1) is 5.10 Å². The molecule has 0 aromatic heterocycles. The molecule has 1 aromatic rings. The fourth-order valence-electron chi connectivity index (χ4n) is 2.62. The highest BCUT2D eigenvalue weighted by Crippen LogP contribution is 2.10. The average Bonchev–Trinajstić information content (AvgIpc) is 3.17. The smallest absolute Gasteiger partial charge is 0.280 e. The van der Waals surface area contributed by atoms with Crippen molar-refractivity contribution in [2.75, 3.05) is 26.3 Å². The highest BCUT2D eigenvalue weighted by atomic mass is 32.2. The molecule has 2 aliphatic rings. The summed E-state index contributed by atoms with van der Waals surface area (Å²) in [5, 5.41) is 3.75. The van der Waals surface area contributed by atoms with Crippen molar-refractivity contribution in [1.82, 2.24) is 14.5 Å². The molecule has 0 spiro atoms. The zero-order valence-corrected chi connectivity index (χ0v) is 14.4. The van der Waals surface area contributed by atoms with Gasteiger partial charge < -0.3 is 4.74 Å². The monoisotopic (exact) mass is 363 g/mol. The van der Waals surface area contributed by atoms with Crippen LogP contribution in [-0.2, 0) is 26.2 Å². The van der Waals surface area contributed by atoms with E-state index in [9.17, 15) is 13.2 Å². The number of allylic oxidation sites excluding steroid dienone is 1. The summed E-state index contributed by atoms with van der Waals surface area (Å²) in [6.45, 7) is 1.20. The summed E-state index contributed by atoms with van der Waals surface area (Å²) < 4.78 is 34.3. The Morgan fingerprint density at radius 1 is 1.24 bits per heavy atom. The summed E-state index contributed by atoms with van der Waals surface area (Å²) in [5.74, 6) is -0.404. The second kappa shape index (κ2) is 7.87. The minimum atomic E-state index is -3.80. The van der Waals surface area contributed by atoms with Crippen molar-refractivity contribution >= 4 is 21.7 Å². The van der Waals surface area contributed by atoms with Gasteiger partial charge in [-0.3, -0.25) is 4.79 Å². The first-order valence-corrected chi connectivity index (χ1v) is 9.38. The van der Waals surface area contributed by atoms with E-state index in [0.717, 1.165) is 5.56 Å². The first-order chi connectivity index (χ1) is 12.1. The van der Waals surface area contributed by atoms with Crippen LogP contribution in [0.4, 0.5) is 0 Å². The second-order valence-corrected chi connectivity index (χ2v) is 7.36. The standard InChI is InChI=1S/C16H19N4O4S/c21-16(14-6-7-17-18-14)15(12-13-4-2-1-3-5-13)19-25(22,23)20-8-10-24-11-9-20/h1-7,15,19H,8-12H2/t15-/m0/s1. The molecule has 1 N–H and O–H groups in total. The van der Waals surface area contributed by atoms with Crippen molar-refractivity contribution in [3.8, 4) is 0 Å². The molecular formula is C16H19N4O4S. The van der Waals surface area contributed by atoms with Gasteiger partial charge in [0, 0.05) is 13.1 Å². The van der Waals surface area contributed by atoms with E-state index in [1.807, 2.05) is 30.3 Å². The van der Waals surface area contributed by atoms with E-state index < -0.39 is 22.0 Å². The molecule has 0 amide bonds. The molecule has 1 saturated heterocycles. The summed E-state index contributed by atoms with van der Waals surface area (Å²) >= 11 is 0. The second-order valence-electron chi connectivity index (χ2n) is 5.66. The van der Waals surface area contributed by atoms with Crippen molar-refractivity contribution in [2.45, 2.75) is 12.5 Å². The molecule has 0 unspecified atom stereocenters. The van der Waals surface area contributed by atoms with Gasteiger partial charge in [-0.05, 0) is 18.1 Å². The Kier molecular flexibility index (Phi) is 5.59. The Hall–Kier alpha value is -2.07. The highest BCUT2D eigenvalue weighted by Gasteiger charge is 2.32. The molecule has 2 heterocycles. The van der Waals surface area contributed by atoms with Crippen LogP contribution in [0.25, 0.3) is 0 Å². The van der Waals surface area contributed by atoms with E-state index in [4.69, 9.17) is 4.74 Å². The quantitative estimate of drug-likeness (QED) is 0.726. The summed E-state index contributed by atoms with van der Waals surface area (Å²) in [6, 6.07) is 8.29. The van der Waals surface area contributed by atoms with Gasteiger partial charge in [0.05, 0.1) is 25.5 Å². The maximum atomic E-state index is 12.7. The molecule has 0 bridgehead atoms. The zero-order valence-electron chi connectivity index (χ0n) is 13.5. The lowest BCUT2D eigenvalue weighted by Crippen LogP contribution is -2.53. The maximum absolute atomic E-state index is 12.7. The molecule has 25 heavy (non-hydrogen) atoms. The molecule has 3 rings (SSSR count). The normalized spacial score (nSPS) is 19.3. The van der Waals surface area contributed by atoms with Crippen LogP contribution in [0, 0.1) is 0 Å². The number of morpholine rings is 1. The Balaban J connectivity index is 1.80. The number of carbonyl (C=O) groups is 1. The number of rotatable bonds is 7. The molecule has 0 saturated carbocycles. The van der Waals surface area contributed by atoms with Crippen molar-refractivity contribution in [2.24, 2.45) is 5.10 Å². The van der Waals surface area contributed by atoms with Crippen LogP contribution in [0.15, 0.2) is 47.7 Å². The van der Waals surface area contributed by atoms with Crippen molar-refractivity contribution in [1.29, 1.82) is 0 Å². The SMILES string of the molecule is O=C(C1=N[N]C=C1)[C@H](Cc1ccccc1)NS(=O)(=O)N1CCOCC1. The van der Waals surface area contributed by atoms with Gasteiger partial charge in [0.15, 0.2) is 0 Å². The summed E-state index contributed by atoms with van der Waals surface area (Å²) in [7, 11) is -3.80. The topological polar surface area (TPSA) is 102 Å². The van der Waals surface area contributed by atoms with Crippen molar-refractivity contribution in [3.05, 3.63) is 48.2 Å². The Bertz CT molecular complexity index is 771. The van der Waals surface area contributed by atoms with Gasteiger partial charge >= 0.3 is 0 Å². The van der Waals surface area contributed by atoms with E-state index in [-0.39, 0.29) is 25.2 Å². The molecule has 9 heteroatoms. The molecule has 1 aromatic carbocycles. The molecule has 8 nitrogen and oxygen atoms in total. The number of hydrogen-bond acceptors (Lipinski definition) is 5. The summed E-state index contributed by atoms with van der Waals surface area (Å²) in [6.07, 6.45) is 3.11. The molecular weight excluding hydrogens is 344 g/mol. The number of Topliss-reactive ketones (excluding diaryl/α,β-unsaturated/α-hetero) is 1.